The Morgan fingerprint density at radius 2 is 2.10 bits per heavy atom. The van der Waals surface area contributed by atoms with E-state index in [-0.39, 0.29) is 11.4 Å². The molecule has 1 amide bonds. The van der Waals surface area contributed by atoms with Crippen LogP contribution in [0.15, 0.2) is 53.8 Å². The molecule has 0 atom stereocenters. The molecule has 1 aromatic heterocycles. The molecule has 0 aliphatic carbocycles. The molecule has 8 nitrogen and oxygen atoms in total. The molecule has 4 aliphatic heterocycles. The first-order valence-corrected chi connectivity index (χ1v) is 10.8. The van der Waals surface area contributed by atoms with Gasteiger partial charge in [-0.05, 0) is 45.3 Å². The van der Waals surface area contributed by atoms with Crippen molar-refractivity contribution in [3.05, 3.63) is 54.3 Å². The van der Waals surface area contributed by atoms with Crippen LogP contribution in [0.5, 0.6) is 5.75 Å². The molecule has 31 heavy (non-hydrogen) atoms. The van der Waals surface area contributed by atoms with Crippen molar-refractivity contribution in [3.63, 3.8) is 0 Å². The zero-order valence-electron chi connectivity index (χ0n) is 18.3. The van der Waals surface area contributed by atoms with Crippen molar-refractivity contribution in [1.82, 2.24) is 19.8 Å². The number of nitrogens with zero attached hydrogens (tertiary/aromatic N) is 6. The molecule has 5 heterocycles. The molecule has 0 aromatic carbocycles. The lowest BCUT2D eigenvalue weighted by molar-refractivity contribution is 0.0432. The number of likely N-dealkylation sites (tertiary alicyclic amines) is 1. The molecule has 0 unspecified atom stereocenters. The van der Waals surface area contributed by atoms with Gasteiger partial charge in [-0.1, -0.05) is 6.58 Å². The van der Waals surface area contributed by atoms with Crippen LogP contribution in [0.4, 0.5) is 5.82 Å². The lowest BCUT2D eigenvalue weighted by Gasteiger charge is -2.42. The van der Waals surface area contributed by atoms with Crippen LogP contribution in [-0.4, -0.2) is 63.8 Å². The third-order valence-electron chi connectivity index (χ3n) is 6.44. The number of amidine groups is 1. The average molecular weight is 421 g/mol. The summed E-state index contributed by atoms with van der Waals surface area (Å²) in [5.74, 6) is 3.01. The number of hydrazone groups is 1. The molecule has 0 radical (unpaired) electrons. The molecular formula is C23H28N6O2. The van der Waals surface area contributed by atoms with Crippen LogP contribution >= 0.6 is 0 Å². The smallest absolute Gasteiger partial charge is 0.256 e. The van der Waals surface area contributed by atoms with Gasteiger partial charge >= 0.3 is 0 Å². The molecular weight excluding hydrogens is 392 g/mol. The van der Waals surface area contributed by atoms with Crippen LogP contribution in [0.3, 0.4) is 0 Å². The second kappa shape index (κ2) is 7.14. The zero-order valence-corrected chi connectivity index (χ0v) is 18.3. The van der Waals surface area contributed by atoms with E-state index in [1.54, 1.807) is 11.2 Å². The Balaban J connectivity index is 1.43. The van der Waals surface area contributed by atoms with Crippen molar-refractivity contribution in [2.75, 3.05) is 31.6 Å². The number of allylic oxidation sites excluding steroid dienone is 1. The van der Waals surface area contributed by atoms with Gasteiger partial charge in [0.25, 0.3) is 5.91 Å². The van der Waals surface area contributed by atoms with Crippen molar-refractivity contribution in [3.8, 4) is 5.75 Å². The Morgan fingerprint density at radius 3 is 2.90 bits per heavy atom. The van der Waals surface area contributed by atoms with Gasteiger partial charge in [0.1, 0.15) is 12.4 Å². The van der Waals surface area contributed by atoms with Crippen LogP contribution in [0.2, 0.25) is 0 Å². The standard InChI is InChI=1S/C23H28N6O2/c1-16-26(4)25-20-14-18(7-10-27(16)20)28-11-12-31-19-13-17(15-24-21(19)28)22(30)29-9-6-5-8-23(29,2)3/h7,10,13-15H,1,5-6,8-9,11-12H2,2-4H3. The highest BCUT2D eigenvalue weighted by molar-refractivity contribution is 5.99. The van der Waals surface area contributed by atoms with Gasteiger partial charge in [-0.3, -0.25) is 14.7 Å². The first kappa shape index (κ1) is 19.7. The van der Waals surface area contributed by atoms with E-state index in [1.807, 2.05) is 41.3 Å². The molecule has 1 saturated heterocycles. The summed E-state index contributed by atoms with van der Waals surface area (Å²) in [7, 11) is 1.88. The van der Waals surface area contributed by atoms with Crippen molar-refractivity contribution in [2.24, 2.45) is 5.10 Å². The number of amides is 1. The van der Waals surface area contributed by atoms with Crippen LogP contribution in [-0.2, 0) is 0 Å². The molecule has 4 aliphatic rings. The summed E-state index contributed by atoms with van der Waals surface area (Å²) in [4.78, 5) is 23.9. The van der Waals surface area contributed by atoms with E-state index in [0.717, 1.165) is 49.0 Å². The molecule has 0 saturated carbocycles. The molecule has 0 N–H and O–H groups in total. The maximum absolute atomic E-state index is 13.2. The minimum Gasteiger partial charge on any atom is -0.488 e. The van der Waals surface area contributed by atoms with E-state index < -0.39 is 0 Å². The van der Waals surface area contributed by atoms with Crippen LogP contribution in [0, 0.1) is 0 Å². The first-order chi connectivity index (χ1) is 14.8. The van der Waals surface area contributed by atoms with Gasteiger partial charge in [-0.2, -0.15) is 5.10 Å². The molecule has 0 spiro atoms. The number of pyridine rings is 1. The largest absolute Gasteiger partial charge is 0.488 e. The van der Waals surface area contributed by atoms with Gasteiger partial charge in [0, 0.05) is 43.3 Å². The van der Waals surface area contributed by atoms with Gasteiger partial charge in [0.05, 0.1) is 12.1 Å². The van der Waals surface area contributed by atoms with E-state index in [4.69, 9.17) is 4.74 Å². The lowest BCUT2D eigenvalue weighted by atomic mass is 9.90. The maximum Gasteiger partial charge on any atom is 0.256 e. The fourth-order valence-corrected chi connectivity index (χ4v) is 4.57. The van der Waals surface area contributed by atoms with Crippen molar-refractivity contribution in [2.45, 2.75) is 38.6 Å². The highest BCUT2D eigenvalue weighted by Gasteiger charge is 2.35. The highest BCUT2D eigenvalue weighted by Crippen LogP contribution is 2.36. The fraction of sp³-hybridized carbons (Fsp3) is 0.435. The Hall–Kier alpha value is -3.29. The molecule has 1 fully saturated rings. The number of ether oxygens (including phenoxy) is 1. The van der Waals surface area contributed by atoms with Crippen LogP contribution in [0.1, 0.15) is 43.5 Å². The monoisotopic (exact) mass is 420 g/mol. The van der Waals surface area contributed by atoms with E-state index in [9.17, 15) is 4.79 Å². The van der Waals surface area contributed by atoms with E-state index >= 15 is 0 Å². The summed E-state index contributed by atoms with van der Waals surface area (Å²) in [5, 5.41) is 6.27. The number of rotatable bonds is 2. The van der Waals surface area contributed by atoms with Gasteiger partial charge in [-0.15, -0.1) is 0 Å². The minimum absolute atomic E-state index is 0.0232. The summed E-state index contributed by atoms with van der Waals surface area (Å²) < 4.78 is 5.91. The van der Waals surface area contributed by atoms with Gasteiger partial charge < -0.3 is 14.5 Å². The zero-order chi connectivity index (χ0) is 21.8. The predicted octanol–water partition coefficient (Wildman–Crippen LogP) is 3.13. The second-order valence-corrected chi connectivity index (χ2v) is 8.93. The molecule has 8 heteroatoms. The lowest BCUT2D eigenvalue weighted by Crippen LogP contribution is -2.50. The Labute approximate surface area is 182 Å². The van der Waals surface area contributed by atoms with E-state index in [0.29, 0.717) is 24.5 Å². The SMILES string of the molecule is C=C1N(C)N=C2C=C(N3CCOc4cc(C(=O)N5CCCCC5(C)C)cnc43)C=CN12. The quantitative estimate of drug-likeness (QED) is 0.733. The topological polar surface area (TPSA) is 64.5 Å². The summed E-state index contributed by atoms with van der Waals surface area (Å²) >= 11 is 0. The first-order valence-electron chi connectivity index (χ1n) is 10.8. The third kappa shape index (κ3) is 3.26. The maximum atomic E-state index is 13.2. The number of anilines is 1. The molecule has 1 aromatic rings. The summed E-state index contributed by atoms with van der Waals surface area (Å²) in [6, 6.07) is 1.84. The molecule has 5 rings (SSSR count). The molecule has 0 bridgehead atoms. The van der Waals surface area contributed by atoms with Gasteiger partial charge in [0.15, 0.2) is 17.4 Å². The van der Waals surface area contributed by atoms with E-state index in [2.05, 4.69) is 35.4 Å². The summed E-state index contributed by atoms with van der Waals surface area (Å²) in [5.41, 5.74) is 1.42. The number of aromatic nitrogens is 1. The normalized spacial score (nSPS) is 22.0. The Morgan fingerprint density at radius 1 is 1.26 bits per heavy atom. The summed E-state index contributed by atoms with van der Waals surface area (Å²) in [6.45, 7) is 10.3. The highest BCUT2D eigenvalue weighted by atomic mass is 16.5. The van der Waals surface area contributed by atoms with Gasteiger partial charge in [0.2, 0.25) is 0 Å². The Kier molecular flexibility index (Phi) is 4.53. The third-order valence-corrected chi connectivity index (χ3v) is 6.44. The number of fused-ring (bicyclic) bond motifs is 2. The Bertz CT molecular complexity index is 1040. The predicted molar refractivity (Wildman–Crippen MR) is 119 cm³/mol. The van der Waals surface area contributed by atoms with Crippen molar-refractivity contribution >= 4 is 17.6 Å². The second-order valence-electron chi connectivity index (χ2n) is 8.93. The average Bonchev–Trinajstić information content (AvgIpc) is 3.05. The summed E-state index contributed by atoms with van der Waals surface area (Å²) in [6.07, 6.45) is 10.9. The minimum atomic E-state index is -0.138. The number of hydrogen-bond acceptors (Lipinski definition) is 7. The van der Waals surface area contributed by atoms with Crippen LogP contribution < -0.4 is 9.64 Å². The number of piperidine rings is 1. The fourth-order valence-electron chi connectivity index (χ4n) is 4.57. The van der Waals surface area contributed by atoms with Crippen molar-refractivity contribution < 1.29 is 9.53 Å². The van der Waals surface area contributed by atoms with Crippen LogP contribution in [0.25, 0.3) is 0 Å². The number of carbonyl (C=O) groups excluding carboxylic acids is 1. The van der Waals surface area contributed by atoms with E-state index in [1.165, 1.54) is 0 Å². The van der Waals surface area contributed by atoms with Crippen molar-refractivity contribution in [1.29, 1.82) is 0 Å². The molecule has 162 valence electrons. The number of hydrogen-bond donors (Lipinski definition) is 0. The number of carbonyl (C=O) groups is 1. The van der Waals surface area contributed by atoms with Gasteiger partial charge in [-0.25, -0.2) is 4.98 Å².